The zero-order chi connectivity index (χ0) is 16.8. The van der Waals surface area contributed by atoms with Gasteiger partial charge in [0, 0.05) is 29.6 Å². The highest BCUT2D eigenvalue weighted by molar-refractivity contribution is 5.84. The SMILES string of the molecule is NC1CC(c2nnc(COc3cccc4cccnc34)n2C2CC2)C1. The van der Waals surface area contributed by atoms with Crippen molar-refractivity contribution in [3.05, 3.63) is 48.2 Å². The van der Waals surface area contributed by atoms with Crippen LogP contribution < -0.4 is 10.5 Å². The fourth-order valence-electron chi connectivity index (χ4n) is 3.65. The maximum atomic E-state index is 6.08. The van der Waals surface area contributed by atoms with Crippen molar-refractivity contribution in [2.45, 2.75) is 50.3 Å². The van der Waals surface area contributed by atoms with Gasteiger partial charge >= 0.3 is 0 Å². The van der Waals surface area contributed by atoms with Crippen LogP contribution in [0.5, 0.6) is 5.75 Å². The number of benzene rings is 1. The molecule has 6 heteroatoms. The molecule has 6 nitrogen and oxygen atoms in total. The highest BCUT2D eigenvalue weighted by atomic mass is 16.5. The second-order valence-corrected chi connectivity index (χ2v) is 7.12. The summed E-state index contributed by atoms with van der Waals surface area (Å²) in [6.45, 7) is 0.415. The highest BCUT2D eigenvalue weighted by Gasteiger charge is 2.36. The number of hydrogen-bond donors (Lipinski definition) is 1. The molecule has 0 unspecified atom stereocenters. The Morgan fingerprint density at radius 3 is 2.76 bits per heavy atom. The van der Waals surface area contributed by atoms with Crippen molar-refractivity contribution in [3.8, 4) is 5.75 Å². The van der Waals surface area contributed by atoms with Gasteiger partial charge in [-0.2, -0.15) is 0 Å². The van der Waals surface area contributed by atoms with Crippen LogP contribution in [0.4, 0.5) is 0 Å². The number of rotatable bonds is 5. The molecule has 3 aromatic rings. The van der Waals surface area contributed by atoms with Crippen molar-refractivity contribution >= 4 is 10.9 Å². The summed E-state index contributed by atoms with van der Waals surface area (Å²) < 4.78 is 8.38. The third kappa shape index (κ3) is 2.66. The average Bonchev–Trinajstić information content (AvgIpc) is 3.37. The van der Waals surface area contributed by atoms with Crippen LogP contribution >= 0.6 is 0 Å². The van der Waals surface area contributed by atoms with Crippen LogP contribution in [-0.2, 0) is 6.61 Å². The number of pyridine rings is 1. The number of para-hydroxylation sites is 1. The van der Waals surface area contributed by atoms with Crippen LogP contribution in [0.2, 0.25) is 0 Å². The van der Waals surface area contributed by atoms with Crippen molar-refractivity contribution in [2.75, 3.05) is 0 Å². The van der Waals surface area contributed by atoms with E-state index in [1.54, 1.807) is 6.20 Å². The summed E-state index contributed by atoms with van der Waals surface area (Å²) >= 11 is 0. The van der Waals surface area contributed by atoms with Gasteiger partial charge in [-0.3, -0.25) is 4.98 Å². The Hall–Kier alpha value is -2.47. The van der Waals surface area contributed by atoms with E-state index >= 15 is 0 Å². The molecule has 5 rings (SSSR count). The molecule has 0 radical (unpaired) electrons. The van der Waals surface area contributed by atoms with Crippen LogP contribution in [0.3, 0.4) is 0 Å². The third-order valence-electron chi connectivity index (χ3n) is 5.20. The van der Waals surface area contributed by atoms with Crippen LogP contribution in [0.15, 0.2) is 36.5 Å². The highest BCUT2D eigenvalue weighted by Crippen LogP contribution is 2.42. The van der Waals surface area contributed by atoms with E-state index in [0.29, 0.717) is 24.6 Å². The van der Waals surface area contributed by atoms with Gasteiger partial charge in [0.2, 0.25) is 0 Å². The van der Waals surface area contributed by atoms with E-state index in [1.807, 2.05) is 30.3 Å². The van der Waals surface area contributed by atoms with Gasteiger partial charge in [-0.1, -0.05) is 18.2 Å². The van der Waals surface area contributed by atoms with Crippen LogP contribution in [0, 0.1) is 0 Å². The molecule has 0 atom stereocenters. The summed E-state index contributed by atoms with van der Waals surface area (Å²) in [6.07, 6.45) is 6.22. The molecule has 0 aliphatic heterocycles. The van der Waals surface area contributed by atoms with E-state index in [9.17, 15) is 0 Å². The first kappa shape index (κ1) is 14.8. The van der Waals surface area contributed by atoms with E-state index < -0.39 is 0 Å². The van der Waals surface area contributed by atoms with Gasteiger partial charge in [-0.25, -0.2) is 0 Å². The van der Waals surface area contributed by atoms with Crippen molar-refractivity contribution in [1.82, 2.24) is 19.7 Å². The lowest BCUT2D eigenvalue weighted by Crippen LogP contribution is -2.36. The minimum Gasteiger partial charge on any atom is -0.483 e. The van der Waals surface area contributed by atoms with Gasteiger partial charge < -0.3 is 15.0 Å². The van der Waals surface area contributed by atoms with Crippen molar-refractivity contribution in [2.24, 2.45) is 5.73 Å². The number of nitrogens with two attached hydrogens (primary N) is 1. The smallest absolute Gasteiger partial charge is 0.171 e. The van der Waals surface area contributed by atoms with E-state index in [1.165, 1.54) is 12.8 Å². The second kappa shape index (κ2) is 5.81. The number of nitrogens with zero attached hydrogens (tertiary/aromatic N) is 4. The zero-order valence-corrected chi connectivity index (χ0v) is 14.0. The van der Waals surface area contributed by atoms with E-state index in [4.69, 9.17) is 10.5 Å². The predicted molar refractivity (Wildman–Crippen MR) is 94.3 cm³/mol. The Balaban J connectivity index is 1.41. The fourth-order valence-corrected chi connectivity index (χ4v) is 3.65. The molecule has 2 fully saturated rings. The van der Waals surface area contributed by atoms with E-state index in [-0.39, 0.29) is 0 Å². The van der Waals surface area contributed by atoms with Crippen molar-refractivity contribution < 1.29 is 4.74 Å². The summed E-state index contributed by atoms with van der Waals surface area (Å²) in [6, 6.07) is 10.8. The molecule has 2 aliphatic carbocycles. The lowest BCUT2D eigenvalue weighted by atomic mass is 9.80. The molecule has 25 heavy (non-hydrogen) atoms. The van der Waals surface area contributed by atoms with E-state index in [0.717, 1.165) is 41.1 Å². The molecule has 0 spiro atoms. The Labute approximate surface area is 146 Å². The number of ether oxygens (including phenoxy) is 1. The number of aromatic nitrogens is 4. The minimum absolute atomic E-state index is 0.316. The van der Waals surface area contributed by atoms with Gasteiger partial charge in [0.05, 0.1) is 0 Å². The van der Waals surface area contributed by atoms with Gasteiger partial charge in [0.25, 0.3) is 0 Å². The molecule has 0 bridgehead atoms. The molecule has 2 N–H and O–H groups in total. The zero-order valence-electron chi connectivity index (χ0n) is 14.0. The largest absolute Gasteiger partial charge is 0.483 e. The molecule has 128 valence electrons. The Morgan fingerprint density at radius 2 is 1.96 bits per heavy atom. The average molecular weight is 335 g/mol. The summed E-state index contributed by atoms with van der Waals surface area (Å²) in [4.78, 5) is 4.45. The van der Waals surface area contributed by atoms with Crippen LogP contribution in [0.1, 0.15) is 49.3 Å². The number of hydrogen-bond acceptors (Lipinski definition) is 5. The first-order valence-corrected chi connectivity index (χ1v) is 8.95. The van der Waals surface area contributed by atoms with Crippen molar-refractivity contribution in [1.29, 1.82) is 0 Å². The molecule has 0 saturated heterocycles. The lowest BCUT2D eigenvalue weighted by Gasteiger charge is -2.31. The Kier molecular flexibility index (Phi) is 3.45. The molecule has 2 saturated carbocycles. The molecule has 2 aliphatic rings. The van der Waals surface area contributed by atoms with Gasteiger partial charge in [0.1, 0.15) is 23.7 Å². The molecular formula is C19H21N5O. The molecule has 0 amide bonds. The monoisotopic (exact) mass is 335 g/mol. The quantitative estimate of drug-likeness (QED) is 0.775. The molecule has 1 aromatic carbocycles. The first-order chi connectivity index (χ1) is 12.3. The normalized spacial score (nSPS) is 22.8. The third-order valence-corrected chi connectivity index (χ3v) is 5.20. The topological polar surface area (TPSA) is 78.8 Å². The van der Waals surface area contributed by atoms with Gasteiger partial charge in [-0.15, -0.1) is 10.2 Å². The van der Waals surface area contributed by atoms with Crippen LogP contribution in [0.25, 0.3) is 10.9 Å². The fraction of sp³-hybridized carbons (Fsp3) is 0.421. The maximum absolute atomic E-state index is 6.08. The first-order valence-electron chi connectivity index (χ1n) is 8.95. The summed E-state index contributed by atoms with van der Waals surface area (Å²) in [5, 5.41) is 9.97. The van der Waals surface area contributed by atoms with Crippen LogP contribution in [-0.4, -0.2) is 25.8 Å². The second-order valence-electron chi connectivity index (χ2n) is 7.12. The van der Waals surface area contributed by atoms with Gasteiger partial charge in [0.15, 0.2) is 5.82 Å². The summed E-state index contributed by atoms with van der Waals surface area (Å²) in [5.74, 6) is 3.25. The number of fused-ring (bicyclic) bond motifs is 1. The maximum Gasteiger partial charge on any atom is 0.171 e. The Morgan fingerprint density at radius 1 is 1.12 bits per heavy atom. The predicted octanol–water partition coefficient (Wildman–Crippen LogP) is 2.94. The lowest BCUT2D eigenvalue weighted by molar-refractivity contribution is 0.287. The Bertz CT molecular complexity index is 906. The standard InChI is InChI=1S/C19H21N5O/c20-14-9-13(10-14)19-23-22-17(24(19)15-6-7-15)11-25-16-5-1-3-12-4-2-8-21-18(12)16/h1-5,8,13-15H,6-7,9-11,20H2. The van der Waals surface area contributed by atoms with Crippen molar-refractivity contribution in [3.63, 3.8) is 0 Å². The summed E-state index contributed by atoms with van der Waals surface area (Å²) in [7, 11) is 0. The molecule has 2 heterocycles. The van der Waals surface area contributed by atoms with E-state index in [2.05, 4.69) is 19.7 Å². The summed E-state index contributed by atoms with van der Waals surface area (Å²) in [5.41, 5.74) is 6.84. The van der Waals surface area contributed by atoms with Gasteiger partial charge in [-0.05, 0) is 37.8 Å². The molecule has 2 aromatic heterocycles. The molecular weight excluding hydrogens is 314 g/mol. The minimum atomic E-state index is 0.316.